The average Bonchev–Trinajstić information content (AvgIpc) is 3.17. The van der Waals surface area contributed by atoms with Crippen molar-refractivity contribution in [1.29, 1.82) is 0 Å². The van der Waals surface area contributed by atoms with Crippen molar-refractivity contribution < 1.29 is 0 Å². The van der Waals surface area contributed by atoms with E-state index in [0.717, 1.165) is 18.9 Å². The van der Waals surface area contributed by atoms with Gasteiger partial charge in [0.25, 0.3) is 0 Å². The maximum Gasteiger partial charge on any atom is 0.139 e. The molecular formula is C17H19N3. The Labute approximate surface area is 119 Å². The first-order chi connectivity index (χ1) is 9.88. The number of rotatable bonds is 2. The molecule has 102 valence electrons. The first-order valence-corrected chi connectivity index (χ1v) is 7.50. The van der Waals surface area contributed by atoms with E-state index in [9.17, 15) is 0 Å². The molecule has 0 unspecified atom stereocenters. The van der Waals surface area contributed by atoms with Gasteiger partial charge in [-0.05, 0) is 18.4 Å². The summed E-state index contributed by atoms with van der Waals surface area (Å²) in [7, 11) is 0. The summed E-state index contributed by atoms with van der Waals surface area (Å²) in [5.41, 5.74) is 3.87. The topological polar surface area (TPSA) is 37.8 Å². The molecule has 1 aromatic carbocycles. The van der Waals surface area contributed by atoms with Crippen LogP contribution < -0.4 is 5.32 Å². The minimum atomic E-state index is 0.0406. The Bertz CT molecular complexity index is 615. The highest BCUT2D eigenvalue weighted by molar-refractivity contribution is 5.35. The van der Waals surface area contributed by atoms with Gasteiger partial charge in [-0.15, -0.1) is 0 Å². The molecule has 3 heteroatoms. The summed E-state index contributed by atoms with van der Waals surface area (Å²) in [6.45, 7) is 1.80. The number of hydrogen-bond donors (Lipinski definition) is 1. The Hall–Kier alpha value is -1.74. The van der Waals surface area contributed by atoms with Crippen LogP contribution in [0.3, 0.4) is 0 Å². The summed E-state index contributed by atoms with van der Waals surface area (Å²) in [4.78, 5) is 9.64. The zero-order chi connectivity index (χ0) is 13.4. The third-order valence-corrected chi connectivity index (χ3v) is 4.77. The van der Waals surface area contributed by atoms with Crippen molar-refractivity contribution in [2.75, 3.05) is 0 Å². The third-order valence-electron chi connectivity index (χ3n) is 4.77. The lowest BCUT2D eigenvalue weighted by atomic mass is 9.78. The van der Waals surface area contributed by atoms with Crippen molar-refractivity contribution in [2.45, 2.75) is 44.2 Å². The van der Waals surface area contributed by atoms with Crippen LogP contribution in [0.2, 0.25) is 0 Å². The molecule has 2 aliphatic rings. The largest absolute Gasteiger partial charge is 0.307 e. The number of hydrogen-bond acceptors (Lipinski definition) is 3. The van der Waals surface area contributed by atoms with Crippen LogP contribution in [0.1, 0.15) is 48.3 Å². The summed E-state index contributed by atoms with van der Waals surface area (Å²) in [6, 6.07) is 10.8. The summed E-state index contributed by atoms with van der Waals surface area (Å²) in [5, 5.41) is 3.36. The fraction of sp³-hybridized carbons (Fsp3) is 0.412. The quantitative estimate of drug-likeness (QED) is 0.907. The second-order valence-electron chi connectivity index (χ2n) is 5.92. The van der Waals surface area contributed by atoms with Crippen LogP contribution in [-0.4, -0.2) is 9.97 Å². The van der Waals surface area contributed by atoms with Crippen LogP contribution >= 0.6 is 0 Å². The summed E-state index contributed by atoms with van der Waals surface area (Å²) < 4.78 is 0. The fourth-order valence-electron chi connectivity index (χ4n) is 3.67. The van der Waals surface area contributed by atoms with Gasteiger partial charge >= 0.3 is 0 Å². The Morgan fingerprint density at radius 2 is 1.80 bits per heavy atom. The van der Waals surface area contributed by atoms with Gasteiger partial charge in [0.2, 0.25) is 0 Å². The van der Waals surface area contributed by atoms with E-state index in [2.05, 4.69) is 35.6 Å². The van der Waals surface area contributed by atoms with Gasteiger partial charge in [-0.3, -0.25) is 0 Å². The van der Waals surface area contributed by atoms with Crippen molar-refractivity contribution in [3.63, 3.8) is 0 Å². The normalized spacial score (nSPS) is 20.0. The van der Waals surface area contributed by atoms with Crippen molar-refractivity contribution in [2.24, 2.45) is 0 Å². The number of nitrogens with one attached hydrogen (secondary N) is 1. The van der Waals surface area contributed by atoms with E-state index in [1.54, 1.807) is 0 Å². The highest BCUT2D eigenvalue weighted by Crippen LogP contribution is 2.45. The van der Waals surface area contributed by atoms with Crippen molar-refractivity contribution in [3.05, 3.63) is 59.2 Å². The molecule has 1 saturated carbocycles. The molecule has 0 amide bonds. The highest BCUT2D eigenvalue weighted by Gasteiger charge is 2.40. The molecule has 0 bridgehead atoms. The van der Waals surface area contributed by atoms with E-state index in [0.29, 0.717) is 0 Å². The van der Waals surface area contributed by atoms with Gasteiger partial charge in [-0.25, -0.2) is 9.97 Å². The molecule has 1 fully saturated rings. The van der Waals surface area contributed by atoms with Crippen LogP contribution in [-0.2, 0) is 18.5 Å². The average molecular weight is 265 g/mol. The monoisotopic (exact) mass is 265 g/mol. The molecule has 1 N–H and O–H groups in total. The molecule has 1 aliphatic heterocycles. The van der Waals surface area contributed by atoms with Crippen molar-refractivity contribution in [1.82, 2.24) is 15.3 Å². The molecule has 2 heterocycles. The van der Waals surface area contributed by atoms with Gasteiger partial charge < -0.3 is 5.32 Å². The molecule has 0 radical (unpaired) electrons. The summed E-state index contributed by atoms with van der Waals surface area (Å²) in [6.07, 6.45) is 6.91. The first kappa shape index (κ1) is 12.0. The molecule has 1 aliphatic carbocycles. The lowest BCUT2D eigenvalue weighted by Gasteiger charge is -2.28. The van der Waals surface area contributed by atoms with Crippen LogP contribution in [0.4, 0.5) is 0 Å². The second kappa shape index (κ2) is 4.67. The summed E-state index contributed by atoms with van der Waals surface area (Å²) >= 11 is 0. The zero-order valence-electron chi connectivity index (χ0n) is 11.6. The van der Waals surface area contributed by atoms with Crippen LogP contribution in [0, 0.1) is 0 Å². The van der Waals surface area contributed by atoms with Gasteiger partial charge in [0.1, 0.15) is 5.82 Å². The molecule has 0 atom stereocenters. The molecule has 0 saturated heterocycles. The maximum atomic E-state index is 4.91. The molecule has 20 heavy (non-hydrogen) atoms. The Balaban J connectivity index is 1.84. The van der Waals surface area contributed by atoms with Crippen LogP contribution in [0.25, 0.3) is 0 Å². The standard InChI is InChI=1S/C17H19N3/c1-2-6-14(7-3-1)17(8-4-5-9-17)16-19-11-13-10-18-12-15(13)20-16/h1-3,6-7,11,18H,4-5,8-10,12H2. The lowest BCUT2D eigenvalue weighted by molar-refractivity contribution is 0.496. The van der Waals surface area contributed by atoms with E-state index >= 15 is 0 Å². The van der Waals surface area contributed by atoms with Gasteiger partial charge in [-0.1, -0.05) is 43.2 Å². The molecular weight excluding hydrogens is 246 g/mol. The van der Waals surface area contributed by atoms with Gasteiger partial charge in [0.05, 0.1) is 11.1 Å². The van der Waals surface area contributed by atoms with E-state index in [4.69, 9.17) is 9.97 Å². The minimum Gasteiger partial charge on any atom is -0.307 e. The predicted molar refractivity (Wildman–Crippen MR) is 78.3 cm³/mol. The van der Waals surface area contributed by atoms with Gasteiger partial charge in [-0.2, -0.15) is 0 Å². The van der Waals surface area contributed by atoms with E-state index in [1.807, 2.05) is 6.20 Å². The smallest absolute Gasteiger partial charge is 0.139 e. The molecule has 0 spiro atoms. The van der Waals surface area contributed by atoms with Gasteiger partial charge in [0.15, 0.2) is 0 Å². The second-order valence-corrected chi connectivity index (χ2v) is 5.92. The highest BCUT2D eigenvalue weighted by atomic mass is 15.0. The van der Waals surface area contributed by atoms with Crippen molar-refractivity contribution in [3.8, 4) is 0 Å². The summed E-state index contributed by atoms with van der Waals surface area (Å²) in [5.74, 6) is 1.03. The van der Waals surface area contributed by atoms with Crippen LogP contribution in [0.5, 0.6) is 0 Å². The maximum absolute atomic E-state index is 4.91. The number of nitrogens with zero attached hydrogens (tertiary/aromatic N) is 2. The molecule has 2 aromatic rings. The predicted octanol–water partition coefficient (Wildman–Crippen LogP) is 2.94. The number of fused-ring (bicyclic) bond motifs is 1. The fourth-order valence-corrected chi connectivity index (χ4v) is 3.67. The zero-order valence-corrected chi connectivity index (χ0v) is 11.6. The number of aromatic nitrogens is 2. The Morgan fingerprint density at radius 3 is 2.60 bits per heavy atom. The molecule has 1 aromatic heterocycles. The Kier molecular flexibility index (Phi) is 2.81. The van der Waals surface area contributed by atoms with Crippen molar-refractivity contribution >= 4 is 0 Å². The van der Waals surface area contributed by atoms with E-state index in [1.165, 1.54) is 42.5 Å². The van der Waals surface area contributed by atoms with E-state index in [-0.39, 0.29) is 5.41 Å². The molecule has 4 rings (SSSR count). The van der Waals surface area contributed by atoms with Crippen LogP contribution in [0.15, 0.2) is 36.5 Å². The number of benzene rings is 1. The van der Waals surface area contributed by atoms with E-state index < -0.39 is 0 Å². The van der Waals surface area contributed by atoms with Gasteiger partial charge in [0, 0.05) is 24.8 Å². The lowest BCUT2D eigenvalue weighted by Crippen LogP contribution is -2.27. The minimum absolute atomic E-state index is 0.0406. The SMILES string of the molecule is c1ccc(C2(c3ncc4c(n3)CNC4)CCCC2)cc1. The molecule has 3 nitrogen and oxygen atoms in total. The Morgan fingerprint density at radius 1 is 1.00 bits per heavy atom. The first-order valence-electron chi connectivity index (χ1n) is 7.50. The third kappa shape index (κ3) is 1.77.